The second-order valence-corrected chi connectivity index (χ2v) is 5.62. The van der Waals surface area contributed by atoms with Crippen molar-refractivity contribution in [2.45, 2.75) is 27.2 Å². The number of halogens is 1. The number of nitrogens with zero attached hydrogens (tertiary/aromatic N) is 2. The van der Waals surface area contributed by atoms with Crippen molar-refractivity contribution in [3.8, 4) is 0 Å². The third kappa shape index (κ3) is 3.48. The maximum Gasteiger partial charge on any atom is 0.138 e. The topological polar surface area (TPSA) is 49.8 Å². The molecule has 0 unspecified atom stereocenters. The van der Waals surface area contributed by atoms with Crippen molar-refractivity contribution < 1.29 is 0 Å². The van der Waals surface area contributed by atoms with Crippen LogP contribution >= 0.6 is 15.9 Å². The van der Waals surface area contributed by atoms with Crippen molar-refractivity contribution in [1.82, 2.24) is 9.97 Å². The average molecular weight is 335 g/mol. The molecule has 0 aliphatic carbocycles. The van der Waals surface area contributed by atoms with Crippen molar-refractivity contribution in [1.29, 1.82) is 0 Å². The van der Waals surface area contributed by atoms with Gasteiger partial charge < -0.3 is 10.6 Å². The monoisotopic (exact) mass is 334 g/mol. The van der Waals surface area contributed by atoms with Gasteiger partial charge in [-0.2, -0.15) is 0 Å². The lowest BCUT2D eigenvalue weighted by molar-refractivity contribution is 0.960. The van der Waals surface area contributed by atoms with Gasteiger partial charge in [-0.05, 0) is 44.0 Å². The summed E-state index contributed by atoms with van der Waals surface area (Å²) >= 11 is 3.47. The van der Waals surface area contributed by atoms with E-state index in [1.54, 1.807) is 6.33 Å². The van der Waals surface area contributed by atoms with E-state index in [0.29, 0.717) is 0 Å². The SMILES string of the molecule is CCCNc1ncnc(Nc2ccc(Br)cc2C)c1C. The first-order chi connectivity index (χ1) is 9.61. The molecule has 1 aromatic heterocycles. The van der Waals surface area contributed by atoms with E-state index in [0.717, 1.165) is 40.3 Å². The molecule has 2 rings (SSSR count). The van der Waals surface area contributed by atoms with Crippen molar-refractivity contribution >= 4 is 33.3 Å². The zero-order valence-corrected chi connectivity index (χ0v) is 13.6. The third-order valence-corrected chi connectivity index (χ3v) is 3.56. The summed E-state index contributed by atoms with van der Waals surface area (Å²) in [6, 6.07) is 6.14. The van der Waals surface area contributed by atoms with Gasteiger partial charge in [0, 0.05) is 22.3 Å². The molecule has 20 heavy (non-hydrogen) atoms. The Bertz CT molecular complexity index is 598. The number of benzene rings is 1. The summed E-state index contributed by atoms with van der Waals surface area (Å²) in [5.41, 5.74) is 3.25. The largest absolute Gasteiger partial charge is 0.370 e. The molecule has 106 valence electrons. The van der Waals surface area contributed by atoms with E-state index < -0.39 is 0 Å². The molecule has 0 atom stereocenters. The molecule has 0 spiro atoms. The molecule has 2 N–H and O–H groups in total. The minimum Gasteiger partial charge on any atom is -0.370 e. The average Bonchev–Trinajstić information content (AvgIpc) is 2.42. The Labute approximate surface area is 128 Å². The molecule has 0 saturated carbocycles. The first-order valence-corrected chi connectivity index (χ1v) is 7.49. The van der Waals surface area contributed by atoms with Crippen molar-refractivity contribution in [2.24, 2.45) is 0 Å². The van der Waals surface area contributed by atoms with Gasteiger partial charge in [0.1, 0.15) is 18.0 Å². The molecule has 5 heteroatoms. The number of anilines is 3. The Kier molecular flexibility index (Phi) is 4.95. The highest BCUT2D eigenvalue weighted by molar-refractivity contribution is 9.10. The maximum atomic E-state index is 4.33. The van der Waals surface area contributed by atoms with Crippen LogP contribution in [0, 0.1) is 13.8 Å². The smallest absolute Gasteiger partial charge is 0.138 e. The highest BCUT2D eigenvalue weighted by atomic mass is 79.9. The molecule has 1 aromatic carbocycles. The van der Waals surface area contributed by atoms with Gasteiger partial charge >= 0.3 is 0 Å². The Morgan fingerprint density at radius 2 is 1.90 bits per heavy atom. The molecule has 1 heterocycles. The predicted octanol–water partition coefficient (Wildman–Crippen LogP) is 4.42. The summed E-state index contributed by atoms with van der Waals surface area (Å²) in [6.45, 7) is 7.14. The van der Waals surface area contributed by atoms with E-state index in [1.807, 2.05) is 19.1 Å². The fourth-order valence-corrected chi connectivity index (χ4v) is 2.37. The number of nitrogens with one attached hydrogen (secondary N) is 2. The van der Waals surface area contributed by atoms with Gasteiger partial charge in [0.15, 0.2) is 0 Å². The molecule has 0 radical (unpaired) electrons. The van der Waals surface area contributed by atoms with Crippen molar-refractivity contribution in [3.63, 3.8) is 0 Å². The van der Waals surface area contributed by atoms with Crippen LogP contribution in [0.1, 0.15) is 24.5 Å². The summed E-state index contributed by atoms with van der Waals surface area (Å²) in [7, 11) is 0. The minimum absolute atomic E-state index is 0.837. The van der Waals surface area contributed by atoms with E-state index in [-0.39, 0.29) is 0 Å². The molecule has 0 aliphatic rings. The minimum atomic E-state index is 0.837. The second-order valence-electron chi connectivity index (χ2n) is 4.71. The van der Waals surface area contributed by atoms with Crippen molar-refractivity contribution in [3.05, 3.63) is 40.1 Å². The Morgan fingerprint density at radius 3 is 2.60 bits per heavy atom. The molecule has 0 bridgehead atoms. The molecule has 4 nitrogen and oxygen atoms in total. The zero-order valence-electron chi connectivity index (χ0n) is 12.0. The predicted molar refractivity (Wildman–Crippen MR) is 87.7 cm³/mol. The lowest BCUT2D eigenvalue weighted by Gasteiger charge is -2.14. The maximum absolute atomic E-state index is 4.33. The Hall–Kier alpha value is -1.62. The van der Waals surface area contributed by atoms with Gasteiger partial charge in [-0.3, -0.25) is 0 Å². The van der Waals surface area contributed by atoms with Crippen LogP contribution in [0.4, 0.5) is 17.3 Å². The summed E-state index contributed by atoms with van der Waals surface area (Å²) in [6.07, 6.45) is 2.65. The standard InChI is InChI=1S/C15H19BrN4/c1-4-7-17-14-11(3)15(19-9-18-14)20-13-6-5-12(16)8-10(13)2/h5-6,8-9H,4,7H2,1-3H3,(H2,17,18,19,20). The van der Waals surface area contributed by atoms with Crippen LogP contribution in [-0.2, 0) is 0 Å². The molecule has 0 fully saturated rings. The Balaban J connectivity index is 2.24. The normalized spacial score (nSPS) is 10.4. The van der Waals surface area contributed by atoms with Crippen LogP contribution < -0.4 is 10.6 Å². The van der Waals surface area contributed by atoms with Crippen LogP contribution in [0.5, 0.6) is 0 Å². The van der Waals surface area contributed by atoms with E-state index in [1.165, 1.54) is 5.56 Å². The summed E-state index contributed by atoms with van der Waals surface area (Å²) < 4.78 is 1.07. The molecule has 2 aromatic rings. The fraction of sp³-hybridized carbons (Fsp3) is 0.333. The summed E-state index contributed by atoms with van der Waals surface area (Å²) in [4.78, 5) is 8.62. The fourth-order valence-electron chi connectivity index (χ4n) is 1.89. The number of rotatable bonds is 5. The van der Waals surface area contributed by atoms with Gasteiger partial charge in [0.05, 0.1) is 0 Å². The van der Waals surface area contributed by atoms with E-state index in [2.05, 4.69) is 56.4 Å². The first kappa shape index (κ1) is 14.8. The molecular formula is C15H19BrN4. The van der Waals surface area contributed by atoms with Crippen LogP contribution in [0.3, 0.4) is 0 Å². The zero-order chi connectivity index (χ0) is 14.5. The summed E-state index contributed by atoms with van der Waals surface area (Å²) in [5.74, 6) is 1.73. The van der Waals surface area contributed by atoms with Crippen LogP contribution in [-0.4, -0.2) is 16.5 Å². The van der Waals surface area contributed by atoms with E-state index in [9.17, 15) is 0 Å². The van der Waals surface area contributed by atoms with Gasteiger partial charge in [0.2, 0.25) is 0 Å². The number of hydrogen-bond acceptors (Lipinski definition) is 4. The summed E-state index contributed by atoms with van der Waals surface area (Å²) in [5, 5.41) is 6.69. The molecule has 0 saturated heterocycles. The van der Waals surface area contributed by atoms with Crippen molar-refractivity contribution in [2.75, 3.05) is 17.2 Å². The number of aryl methyl sites for hydroxylation is 1. The second kappa shape index (κ2) is 6.70. The quantitative estimate of drug-likeness (QED) is 0.849. The highest BCUT2D eigenvalue weighted by Gasteiger charge is 2.08. The van der Waals surface area contributed by atoms with Gasteiger partial charge in [-0.1, -0.05) is 22.9 Å². The van der Waals surface area contributed by atoms with Crippen LogP contribution in [0.25, 0.3) is 0 Å². The first-order valence-electron chi connectivity index (χ1n) is 6.70. The van der Waals surface area contributed by atoms with E-state index >= 15 is 0 Å². The molecule has 0 aliphatic heterocycles. The highest BCUT2D eigenvalue weighted by Crippen LogP contribution is 2.26. The molecule has 0 amide bonds. The Morgan fingerprint density at radius 1 is 1.15 bits per heavy atom. The van der Waals surface area contributed by atoms with Gasteiger partial charge in [0.25, 0.3) is 0 Å². The van der Waals surface area contributed by atoms with Gasteiger partial charge in [-0.25, -0.2) is 9.97 Å². The lowest BCUT2D eigenvalue weighted by Crippen LogP contribution is -2.07. The van der Waals surface area contributed by atoms with Crippen LogP contribution in [0.15, 0.2) is 29.0 Å². The van der Waals surface area contributed by atoms with Crippen LogP contribution in [0.2, 0.25) is 0 Å². The van der Waals surface area contributed by atoms with E-state index in [4.69, 9.17) is 0 Å². The molecular weight excluding hydrogens is 316 g/mol. The lowest BCUT2D eigenvalue weighted by atomic mass is 10.2. The number of aromatic nitrogens is 2. The van der Waals surface area contributed by atoms with Gasteiger partial charge in [-0.15, -0.1) is 0 Å². The third-order valence-electron chi connectivity index (χ3n) is 3.07. The number of hydrogen-bond donors (Lipinski definition) is 2.